The Kier molecular flexibility index (Phi) is 17.8. The van der Waals surface area contributed by atoms with Crippen LogP contribution in [0.15, 0.2) is 0 Å². The number of hydrogen-bond acceptors (Lipinski definition) is 1. The van der Waals surface area contributed by atoms with Crippen molar-refractivity contribution in [1.29, 1.82) is 0 Å². The topological polar surface area (TPSA) is 29.1 Å². The number of hydrogen-bond donors (Lipinski definition) is 0. The van der Waals surface area contributed by atoms with Crippen molar-refractivity contribution in [2.45, 2.75) is 90.4 Å². The molecule has 0 bridgehead atoms. The second kappa shape index (κ2) is 17.9. The summed E-state index contributed by atoms with van der Waals surface area (Å²) >= 11 is 0. The minimum atomic E-state index is 0.0988. The molecule has 0 atom stereocenters. The van der Waals surface area contributed by atoms with Gasteiger partial charge in [-0.3, -0.25) is 0 Å². The molecule has 0 aliphatic heterocycles. The summed E-state index contributed by atoms with van der Waals surface area (Å²) in [5, 5.41) is 10.2. The standard InChI is InChI=1S/C17H35O2/c1-2-3-4-5-7-10-13-16-19-17-14-11-8-6-9-12-15-18/h2-17H2,1H3. The molecule has 0 heterocycles. The summed E-state index contributed by atoms with van der Waals surface area (Å²) in [6, 6.07) is 0. The lowest BCUT2D eigenvalue weighted by Crippen LogP contribution is -1.97. The minimum Gasteiger partial charge on any atom is -0.381 e. The molecule has 0 fully saturated rings. The van der Waals surface area contributed by atoms with Gasteiger partial charge in [0.1, 0.15) is 0 Å². The summed E-state index contributed by atoms with van der Waals surface area (Å²) in [5.74, 6) is 0. The predicted octanol–water partition coefficient (Wildman–Crippen LogP) is 5.52. The van der Waals surface area contributed by atoms with Gasteiger partial charge in [-0.2, -0.15) is 0 Å². The molecule has 0 aromatic carbocycles. The molecule has 0 aromatic rings. The lowest BCUT2D eigenvalue weighted by molar-refractivity contribution is 0.125. The van der Waals surface area contributed by atoms with Crippen LogP contribution in [-0.4, -0.2) is 19.8 Å². The Labute approximate surface area is 120 Å². The van der Waals surface area contributed by atoms with E-state index in [0.717, 1.165) is 26.1 Å². The molecule has 0 unspecified atom stereocenters. The van der Waals surface area contributed by atoms with Crippen LogP contribution in [0.1, 0.15) is 90.4 Å². The zero-order valence-electron chi connectivity index (χ0n) is 13.1. The fraction of sp³-hybridized carbons (Fsp3) is 1.00. The maximum Gasteiger partial charge on any atom is 0.0822 e. The van der Waals surface area contributed by atoms with Gasteiger partial charge in [0.25, 0.3) is 0 Å². The lowest BCUT2D eigenvalue weighted by atomic mass is 10.1. The summed E-state index contributed by atoms with van der Waals surface area (Å²) in [5.41, 5.74) is 0. The molecule has 1 radical (unpaired) electrons. The highest BCUT2D eigenvalue weighted by Gasteiger charge is 1.93. The van der Waals surface area contributed by atoms with Crippen molar-refractivity contribution in [3.63, 3.8) is 0 Å². The third-order valence-corrected chi connectivity index (χ3v) is 3.58. The molecule has 0 spiro atoms. The van der Waals surface area contributed by atoms with Crippen molar-refractivity contribution in [2.24, 2.45) is 0 Å². The smallest absolute Gasteiger partial charge is 0.0822 e. The minimum absolute atomic E-state index is 0.0988. The first-order valence-corrected chi connectivity index (χ1v) is 8.57. The molecule has 2 nitrogen and oxygen atoms in total. The lowest BCUT2D eigenvalue weighted by Gasteiger charge is -2.04. The van der Waals surface area contributed by atoms with E-state index >= 15 is 0 Å². The fourth-order valence-electron chi connectivity index (χ4n) is 2.28. The maximum absolute atomic E-state index is 10.2. The van der Waals surface area contributed by atoms with Crippen molar-refractivity contribution >= 4 is 0 Å². The van der Waals surface area contributed by atoms with E-state index in [1.807, 2.05) is 0 Å². The third-order valence-electron chi connectivity index (χ3n) is 3.58. The van der Waals surface area contributed by atoms with E-state index in [0.29, 0.717) is 0 Å². The molecule has 0 saturated carbocycles. The van der Waals surface area contributed by atoms with Crippen molar-refractivity contribution in [2.75, 3.05) is 19.8 Å². The van der Waals surface area contributed by atoms with Gasteiger partial charge in [0.2, 0.25) is 0 Å². The highest BCUT2D eigenvalue weighted by molar-refractivity contribution is 4.46. The van der Waals surface area contributed by atoms with E-state index in [2.05, 4.69) is 6.92 Å². The monoisotopic (exact) mass is 271 g/mol. The molecule has 0 aliphatic carbocycles. The fourth-order valence-corrected chi connectivity index (χ4v) is 2.28. The second-order valence-corrected chi connectivity index (χ2v) is 5.56. The molecular weight excluding hydrogens is 236 g/mol. The molecule has 19 heavy (non-hydrogen) atoms. The van der Waals surface area contributed by atoms with E-state index in [1.54, 1.807) is 0 Å². The molecule has 0 saturated heterocycles. The summed E-state index contributed by atoms with van der Waals surface area (Å²) in [6.07, 6.45) is 16.4. The third kappa shape index (κ3) is 17.9. The second-order valence-electron chi connectivity index (χ2n) is 5.56. The van der Waals surface area contributed by atoms with Crippen LogP contribution in [0, 0.1) is 0 Å². The van der Waals surface area contributed by atoms with E-state index in [1.165, 1.54) is 70.6 Å². The van der Waals surface area contributed by atoms with Crippen LogP contribution in [0.5, 0.6) is 0 Å². The summed E-state index contributed by atoms with van der Waals surface area (Å²) in [6.45, 7) is 4.24. The molecule has 0 N–H and O–H groups in total. The van der Waals surface area contributed by atoms with Gasteiger partial charge in [-0.25, -0.2) is 5.11 Å². The Balaban J connectivity index is 2.88. The molecule has 2 heteroatoms. The SMILES string of the molecule is CCCCCCCCCOCCCCCCCC[O]. The summed E-state index contributed by atoms with van der Waals surface area (Å²) < 4.78 is 5.64. The largest absolute Gasteiger partial charge is 0.381 e. The number of ether oxygens (including phenoxy) is 1. The Hall–Kier alpha value is -0.0800. The number of rotatable bonds is 16. The molecular formula is C17H35O2. The van der Waals surface area contributed by atoms with Gasteiger partial charge in [0.15, 0.2) is 0 Å². The Bertz CT molecular complexity index is 132. The summed E-state index contributed by atoms with van der Waals surface area (Å²) in [4.78, 5) is 0. The van der Waals surface area contributed by atoms with E-state index < -0.39 is 0 Å². The Morgan fingerprint density at radius 2 is 1.00 bits per heavy atom. The molecule has 0 aromatic heterocycles. The van der Waals surface area contributed by atoms with Crippen LogP contribution < -0.4 is 0 Å². The van der Waals surface area contributed by atoms with Gasteiger partial charge in [0, 0.05) is 13.2 Å². The van der Waals surface area contributed by atoms with Crippen molar-refractivity contribution in [3.8, 4) is 0 Å². The van der Waals surface area contributed by atoms with Gasteiger partial charge in [-0.05, 0) is 19.3 Å². The van der Waals surface area contributed by atoms with E-state index in [9.17, 15) is 5.11 Å². The quantitative estimate of drug-likeness (QED) is 0.340. The van der Waals surface area contributed by atoms with Crippen molar-refractivity contribution in [3.05, 3.63) is 0 Å². The first-order valence-electron chi connectivity index (χ1n) is 8.57. The van der Waals surface area contributed by atoms with Crippen LogP contribution in [0.25, 0.3) is 0 Å². The molecule has 0 aliphatic rings. The average molecular weight is 271 g/mol. The highest BCUT2D eigenvalue weighted by atomic mass is 16.5. The van der Waals surface area contributed by atoms with Crippen LogP contribution in [0.3, 0.4) is 0 Å². The van der Waals surface area contributed by atoms with Crippen LogP contribution in [-0.2, 0) is 9.84 Å². The van der Waals surface area contributed by atoms with Crippen LogP contribution in [0.4, 0.5) is 0 Å². The van der Waals surface area contributed by atoms with Gasteiger partial charge in [-0.15, -0.1) is 0 Å². The Morgan fingerprint density at radius 3 is 1.47 bits per heavy atom. The predicted molar refractivity (Wildman–Crippen MR) is 82.1 cm³/mol. The van der Waals surface area contributed by atoms with Gasteiger partial charge in [0.05, 0.1) is 6.61 Å². The number of unbranched alkanes of at least 4 members (excludes halogenated alkanes) is 11. The molecule has 0 rings (SSSR count). The Morgan fingerprint density at radius 1 is 0.579 bits per heavy atom. The first-order chi connectivity index (χ1) is 9.41. The van der Waals surface area contributed by atoms with Gasteiger partial charge >= 0.3 is 0 Å². The molecule has 115 valence electrons. The van der Waals surface area contributed by atoms with Gasteiger partial charge < -0.3 is 4.74 Å². The highest BCUT2D eigenvalue weighted by Crippen LogP contribution is 2.08. The zero-order chi connectivity index (χ0) is 14.0. The average Bonchev–Trinajstić information content (AvgIpc) is 2.43. The van der Waals surface area contributed by atoms with E-state index in [4.69, 9.17) is 4.74 Å². The van der Waals surface area contributed by atoms with Crippen LogP contribution in [0.2, 0.25) is 0 Å². The zero-order valence-corrected chi connectivity index (χ0v) is 13.1. The first kappa shape index (κ1) is 18.9. The van der Waals surface area contributed by atoms with Crippen molar-refractivity contribution in [1.82, 2.24) is 0 Å². The maximum atomic E-state index is 10.2. The summed E-state index contributed by atoms with van der Waals surface area (Å²) in [7, 11) is 0. The molecule has 0 amide bonds. The van der Waals surface area contributed by atoms with Crippen molar-refractivity contribution < 1.29 is 9.84 Å². The van der Waals surface area contributed by atoms with Gasteiger partial charge in [-0.1, -0.05) is 71.1 Å². The van der Waals surface area contributed by atoms with E-state index in [-0.39, 0.29) is 6.61 Å². The normalized spacial score (nSPS) is 11.1. The van der Waals surface area contributed by atoms with Crippen LogP contribution >= 0.6 is 0 Å².